The fraction of sp³-hybridized carbons (Fsp3) is 0.355. The van der Waals surface area contributed by atoms with E-state index in [0.717, 1.165) is 4.88 Å². The Labute approximate surface area is 262 Å². The van der Waals surface area contributed by atoms with E-state index in [2.05, 4.69) is 10.6 Å². The Balaban J connectivity index is 1.17. The van der Waals surface area contributed by atoms with Gasteiger partial charge in [0.1, 0.15) is 11.9 Å². The van der Waals surface area contributed by atoms with Crippen molar-refractivity contribution in [3.05, 3.63) is 81.0 Å². The Morgan fingerprint density at radius 1 is 1.07 bits per heavy atom. The van der Waals surface area contributed by atoms with Crippen LogP contribution in [0.3, 0.4) is 0 Å². The van der Waals surface area contributed by atoms with Crippen LogP contribution < -0.4 is 16.4 Å². The van der Waals surface area contributed by atoms with Crippen molar-refractivity contribution < 1.29 is 31.6 Å². The van der Waals surface area contributed by atoms with E-state index in [-0.39, 0.29) is 41.1 Å². The molecular formula is C31H31F2N5O5S2. The second kappa shape index (κ2) is 11.3. The summed E-state index contributed by atoms with van der Waals surface area (Å²) in [5.41, 5.74) is 6.34. The largest absolute Gasteiger partial charge is 0.384 e. The van der Waals surface area contributed by atoms with Crippen LogP contribution in [0.2, 0.25) is 0 Å². The van der Waals surface area contributed by atoms with Gasteiger partial charge in [0.2, 0.25) is 11.8 Å². The van der Waals surface area contributed by atoms with E-state index in [0.29, 0.717) is 24.0 Å². The normalized spacial score (nSPS) is 20.6. The fourth-order valence-electron chi connectivity index (χ4n) is 6.01. The zero-order valence-corrected chi connectivity index (χ0v) is 25.8. The minimum absolute atomic E-state index is 0.0708. The smallest absolute Gasteiger partial charge is 0.299 e. The van der Waals surface area contributed by atoms with Crippen molar-refractivity contribution in [1.29, 1.82) is 5.41 Å². The number of likely N-dealkylation sites (tertiary alicyclic amines) is 1. The molecule has 3 aliphatic rings. The predicted octanol–water partition coefficient (Wildman–Crippen LogP) is 3.31. The van der Waals surface area contributed by atoms with Gasteiger partial charge in [-0.25, -0.2) is 8.42 Å². The Hall–Kier alpha value is -4.17. The third-order valence-corrected chi connectivity index (χ3v) is 12.4. The molecule has 0 unspecified atom stereocenters. The molecule has 1 saturated carbocycles. The maximum atomic E-state index is 14.9. The number of nitrogens with two attached hydrogens (primary N) is 1. The molecule has 0 radical (unpaired) electrons. The standard InChI is InChI=1S/C31H31F2N5O5S2/c1-16(26-11-18(15-44-26)28(34)35)37-30(41)25-12-20(45(42,43)19-7-8-19)14-38(25)27(39)13-36-29(40)17-6-9-24-22(10-17)21-4-2-3-5-23(21)31(24,32)33/h2-6,9-11,15-16,19-20,25H,7-8,12-14H2,1H3,(H3,34,35)(H,36,40)(H,37,41)/t16-,20-,25+/m1/s1. The van der Waals surface area contributed by atoms with Crippen LogP contribution in [-0.2, 0) is 25.3 Å². The van der Waals surface area contributed by atoms with Gasteiger partial charge in [-0.3, -0.25) is 19.8 Å². The van der Waals surface area contributed by atoms with Crippen molar-refractivity contribution >= 4 is 44.7 Å². The molecule has 45 heavy (non-hydrogen) atoms. The second-order valence-corrected chi connectivity index (χ2v) is 15.1. The molecule has 2 heterocycles. The molecular weight excluding hydrogens is 625 g/mol. The molecule has 14 heteroatoms. The number of nitrogen functional groups attached to an aromatic ring is 1. The van der Waals surface area contributed by atoms with E-state index in [4.69, 9.17) is 11.1 Å². The summed E-state index contributed by atoms with van der Waals surface area (Å²) in [6, 6.07) is 10.0. The Morgan fingerprint density at radius 2 is 1.78 bits per heavy atom. The summed E-state index contributed by atoms with van der Waals surface area (Å²) >= 11 is 1.31. The SMILES string of the molecule is C[C@@H](NC(=O)[C@@H]1C[C@@H](S(=O)(=O)C2CC2)CN1C(=O)CNC(=O)c1ccc2c(c1)-c1ccccc1C2(F)F)c1cc(C(=N)N)cs1. The Bertz CT molecular complexity index is 1840. The number of hydrogen-bond acceptors (Lipinski definition) is 7. The van der Waals surface area contributed by atoms with Crippen LogP contribution >= 0.6 is 11.3 Å². The number of alkyl halides is 2. The molecule has 6 rings (SSSR count). The number of nitrogens with one attached hydrogen (secondary N) is 3. The number of hydrogen-bond donors (Lipinski definition) is 4. The van der Waals surface area contributed by atoms with Gasteiger partial charge < -0.3 is 21.3 Å². The molecule has 5 N–H and O–H groups in total. The zero-order chi connectivity index (χ0) is 32.3. The van der Waals surface area contributed by atoms with Crippen LogP contribution in [0.4, 0.5) is 8.78 Å². The maximum Gasteiger partial charge on any atom is 0.299 e. The number of nitrogens with zero attached hydrogens (tertiary/aromatic N) is 1. The fourth-order valence-corrected chi connectivity index (χ4v) is 9.08. The predicted molar refractivity (Wildman–Crippen MR) is 165 cm³/mol. The first-order valence-electron chi connectivity index (χ1n) is 14.4. The zero-order valence-electron chi connectivity index (χ0n) is 24.2. The molecule has 1 saturated heterocycles. The van der Waals surface area contributed by atoms with Crippen LogP contribution in [0, 0.1) is 5.41 Å². The number of sulfone groups is 1. The summed E-state index contributed by atoms with van der Waals surface area (Å²) in [4.78, 5) is 41.9. The lowest BCUT2D eigenvalue weighted by molar-refractivity contribution is -0.137. The van der Waals surface area contributed by atoms with Crippen LogP contribution in [0.5, 0.6) is 0 Å². The highest BCUT2D eigenvalue weighted by atomic mass is 32.2. The molecule has 1 aliphatic heterocycles. The highest BCUT2D eigenvalue weighted by molar-refractivity contribution is 7.93. The van der Waals surface area contributed by atoms with Gasteiger partial charge in [0, 0.05) is 39.1 Å². The summed E-state index contributed by atoms with van der Waals surface area (Å²) < 4.78 is 56.1. The molecule has 0 spiro atoms. The van der Waals surface area contributed by atoms with Gasteiger partial charge in [-0.05, 0) is 55.5 Å². The number of fused-ring (bicyclic) bond motifs is 3. The molecule has 0 bridgehead atoms. The first-order valence-corrected chi connectivity index (χ1v) is 16.9. The molecule has 2 fully saturated rings. The van der Waals surface area contributed by atoms with E-state index < -0.39 is 62.6 Å². The van der Waals surface area contributed by atoms with Crippen molar-refractivity contribution in [2.24, 2.45) is 5.73 Å². The van der Waals surface area contributed by atoms with Gasteiger partial charge in [-0.2, -0.15) is 8.78 Å². The average molecular weight is 656 g/mol. The van der Waals surface area contributed by atoms with Gasteiger partial charge in [-0.1, -0.05) is 30.3 Å². The van der Waals surface area contributed by atoms with Crippen molar-refractivity contribution in [1.82, 2.24) is 15.5 Å². The van der Waals surface area contributed by atoms with E-state index >= 15 is 0 Å². The number of carbonyl (C=O) groups is 3. The average Bonchev–Trinajstić information content (AvgIpc) is 3.50. The topological polar surface area (TPSA) is 163 Å². The van der Waals surface area contributed by atoms with Crippen LogP contribution in [0.25, 0.3) is 11.1 Å². The maximum absolute atomic E-state index is 14.9. The number of carbonyl (C=O) groups excluding carboxylic acids is 3. The summed E-state index contributed by atoms with van der Waals surface area (Å²) in [6.07, 6.45) is 1.02. The molecule has 236 valence electrons. The summed E-state index contributed by atoms with van der Waals surface area (Å²) in [7, 11) is -3.56. The Morgan fingerprint density at radius 3 is 2.47 bits per heavy atom. The Kier molecular flexibility index (Phi) is 7.76. The molecule has 3 amide bonds. The minimum Gasteiger partial charge on any atom is -0.384 e. The van der Waals surface area contributed by atoms with Gasteiger partial charge >= 0.3 is 0 Å². The molecule has 2 aromatic carbocycles. The lowest BCUT2D eigenvalue weighted by Gasteiger charge is -2.25. The van der Waals surface area contributed by atoms with Gasteiger partial charge in [0.05, 0.1) is 23.1 Å². The van der Waals surface area contributed by atoms with Gasteiger partial charge in [0.25, 0.3) is 11.8 Å². The van der Waals surface area contributed by atoms with E-state index in [1.54, 1.807) is 30.5 Å². The molecule has 3 aromatic rings. The van der Waals surface area contributed by atoms with Crippen molar-refractivity contribution in [2.75, 3.05) is 13.1 Å². The van der Waals surface area contributed by atoms with E-state index in [1.165, 1.54) is 46.6 Å². The molecule has 10 nitrogen and oxygen atoms in total. The first-order chi connectivity index (χ1) is 21.3. The number of amidine groups is 1. The van der Waals surface area contributed by atoms with E-state index in [9.17, 15) is 31.6 Å². The number of amides is 3. The monoisotopic (exact) mass is 655 g/mol. The third-order valence-electron chi connectivity index (χ3n) is 8.63. The molecule has 1 aromatic heterocycles. The summed E-state index contributed by atoms with van der Waals surface area (Å²) in [5, 5.41) is 13.3. The number of benzene rings is 2. The lowest BCUT2D eigenvalue weighted by Crippen LogP contribution is -2.49. The van der Waals surface area contributed by atoms with Crippen molar-refractivity contribution in [3.8, 4) is 11.1 Å². The summed E-state index contributed by atoms with van der Waals surface area (Å²) in [5.74, 6) is -5.16. The number of rotatable bonds is 9. The quantitative estimate of drug-likeness (QED) is 0.204. The highest BCUT2D eigenvalue weighted by Crippen LogP contribution is 2.51. The highest BCUT2D eigenvalue weighted by Gasteiger charge is 2.50. The first kappa shape index (κ1) is 30.8. The van der Waals surface area contributed by atoms with Crippen molar-refractivity contribution in [2.45, 2.75) is 54.7 Å². The second-order valence-electron chi connectivity index (χ2n) is 11.7. The van der Waals surface area contributed by atoms with E-state index in [1.807, 2.05) is 0 Å². The van der Waals surface area contributed by atoms with Crippen molar-refractivity contribution in [3.63, 3.8) is 0 Å². The summed E-state index contributed by atoms with van der Waals surface area (Å²) in [6.45, 7) is 1.03. The van der Waals surface area contributed by atoms with Gasteiger partial charge in [0.15, 0.2) is 9.84 Å². The number of thiophene rings is 1. The van der Waals surface area contributed by atoms with Gasteiger partial charge in [-0.15, -0.1) is 11.3 Å². The van der Waals surface area contributed by atoms with Crippen LogP contribution in [-0.4, -0.2) is 66.5 Å². The lowest BCUT2D eigenvalue weighted by atomic mass is 10.0. The minimum atomic E-state index is -3.56. The number of halogens is 2. The molecule has 2 aliphatic carbocycles. The molecule has 3 atom stereocenters. The van der Waals surface area contributed by atoms with Crippen LogP contribution in [0.1, 0.15) is 64.2 Å². The third kappa shape index (κ3) is 5.61. The van der Waals surface area contributed by atoms with Crippen LogP contribution in [0.15, 0.2) is 53.9 Å².